The van der Waals surface area contributed by atoms with Gasteiger partial charge in [-0.3, -0.25) is 9.59 Å². The highest BCUT2D eigenvalue weighted by atomic mass is 16.5. The summed E-state index contributed by atoms with van der Waals surface area (Å²) in [4.78, 5) is 24.6. The van der Waals surface area contributed by atoms with E-state index in [0.717, 1.165) is 5.56 Å². The highest BCUT2D eigenvalue weighted by Crippen LogP contribution is 2.12. The number of methoxy groups -OCH3 is 1. The van der Waals surface area contributed by atoms with Crippen molar-refractivity contribution in [1.29, 1.82) is 0 Å². The number of rotatable bonds is 5. The second-order valence-electron chi connectivity index (χ2n) is 3.86. The van der Waals surface area contributed by atoms with Crippen molar-refractivity contribution in [2.45, 2.75) is 13.3 Å². The SMILES string of the molecule is CCN(CC(=O)OC)C(=O)Cc1ccccc1N. The molecule has 5 heteroatoms. The molecule has 0 unspecified atom stereocenters. The lowest BCUT2D eigenvalue weighted by Gasteiger charge is -2.19. The van der Waals surface area contributed by atoms with Gasteiger partial charge in [0.15, 0.2) is 0 Å². The number of nitrogens with two attached hydrogens (primary N) is 1. The fourth-order valence-electron chi connectivity index (χ4n) is 1.57. The van der Waals surface area contributed by atoms with Gasteiger partial charge in [-0.15, -0.1) is 0 Å². The lowest BCUT2D eigenvalue weighted by molar-refractivity contribution is -0.146. The van der Waals surface area contributed by atoms with Crippen LogP contribution in [0.25, 0.3) is 0 Å². The minimum absolute atomic E-state index is 0.0292. The van der Waals surface area contributed by atoms with Crippen LogP contribution in [0.4, 0.5) is 5.69 Å². The lowest BCUT2D eigenvalue weighted by atomic mass is 10.1. The molecule has 0 atom stereocenters. The van der Waals surface area contributed by atoms with E-state index in [2.05, 4.69) is 4.74 Å². The van der Waals surface area contributed by atoms with Gasteiger partial charge < -0.3 is 15.4 Å². The largest absolute Gasteiger partial charge is 0.468 e. The molecule has 0 aliphatic carbocycles. The van der Waals surface area contributed by atoms with E-state index in [0.29, 0.717) is 12.2 Å². The van der Waals surface area contributed by atoms with E-state index in [9.17, 15) is 9.59 Å². The zero-order chi connectivity index (χ0) is 13.5. The van der Waals surface area contributed by atoms with Crippen molar-refractivity contribution >= 4 is 17.6 Å². The Labute approximate surface area is 107 Å². The van der Waals surface area contributed by atoms with E-state index in [1.165, 1.54) is 12.0 Å². The number of ether oxygens (including phenoxy) is 1. The van der Waals surface area contributed by atoms with Crippen LogP contribution in [-0.4, -0.2) is 37.0 Å². The number of carbonyl (C=O) groups is 2. The Balaban J connectivity index is 2.68. The predicted molar refractivity (Wildman–Crippen MR) is 68.8 cm³/mol. The van der Waals surface area contributed by atoms with Gasteiger partial charge in [0.25, 0.3) is 0 Å². The molecule has 1 aromatic rings. The van der Waals surface area contributed by atoms with E-state index in [1.807, 2.05) is 19.1 Å². The number of esters is 1. The number of benzene rings is 1. The number of carbonyl (C=O) groups excluding carboxylic acids is 2. The Hall–Kier alpha value is -2.04. The first-order valence-corrected chi connectivity index (χ1v) is 5.76. The smallest absolute Gasteiger partial charge is 0.325 e. The topological polar surface area (TPSA) is 72.6 Å². The predicted octanol–water partition coefficient (Wildman–Crippen LogP) is 0.833. The number of nitrogens with zero attached hydrogens (tertiary/aromatic N) is 1. The first kappa shape index (κ1) is 14.0. The zero-order valence-electron chi connectivity index (χ0n) is 10.7. The number of nitrogen functional groups attached to an aromatic ring is 1. The summed E-state index contributed by atoms with van der Waals surface area (Å²) in [6.07, 6.45) is 0.192. The Morgan fingerprint density at radius 2 is 2.00 bits per heavy atom. The van der Waals surface area contributed by atoms with Crippen LogP contribution in [0.5, 0.6) is 0 Å². The van der Waals surface area contributed by atoms with E-state index >= 15 is 0 Å². The Kier molecular flexibility index (Phi) is 5.17. The maximum absolute atomic E-state index is 12.0. The van der Waals surface area contributed by atoms with Crippen LogP contribution >= 0.6 is 0 Å². The first-order chi connectivity index (χ1) is 8.58. The minimum atomic E-state index is -0.425. The highest BCUT2D eigenvalue weighted by molar-refractivity contribution is 5.84. The number of amides is 1. The molecule has 0 radical (unpaired) electrons. The molecule has 0 spiro atoms. The van der Waals surface area contributed by atoms with Gasteiger partial charge in [-0.05, 0) is 18.6 Å². The van der Waals surface area contributed by atoms with Crippen LogP contribution < -0.4 is 5.73 Å². The first-order valence-electron chi connectivity index (χ1n) is 5.76. The van der Waals surface area contributed by atoms with Gasteiger partial charge in [0.2, 0.25) is 5.91 Å². The molecule has 2 N–H and O–H groups in total. The van der Waals surface area contributed by atoms with Crippen LogP contribution in [0, 0.1) is 0 Å². The van der Waals surface area contributed by atoms with Gasteiger partial charge in [0.1, 0.15) is 6.54 Å². The summed E-state index contributed by atoms with van der Waals surface area (Å²) in [7, 11) is 1.30. The van der Waals surface area contributed by atoms with E-state index in [4.69, 9.17) is 5.73 Å². The third-order valence-electron chi connectivity index (χ3n) is 2.68. The summed E-state index contributed by atoms with van der Waals surface area (Å²) in [5.74, 6) is -0.563. The van der Waals surface area contributed by atoms with Crippen LogP contribution in [0.1, 0.15) is 12.5 Å². The number of hydrogen-bond acceptors (Lipinski definition) is 4. The average Bonchev–Trinajstić information content (AvgIpc) is 2.38. The molecule has 0 bridgehead atoms. The van der Waals surface area contributed by atoms with Crippen LogP contribution in [-0.2, 0) is 20.7 Å². The van der Waals surface area contributed by atoms with Crippen molar-refractivity contribution in [2.75, 3.05) is 25.9 Å². The third kappa shape index (κ3) is 3.76. The van der Waals surface area contributed by atoms with Crippen molar-refractivity contribution in [3.63, 3.8) is 0 Å². The standard InChI is InChI=1S/C13H18N2O3/c1-3-15(9-13(17)18-2)12(16)8-10-6-4-5-7-11(10)14/h4-7H,3,8-9,14H2,1-2H3. The molecule has 0 aromatic heterocycles. The van der Waals surface area contributed by atoms with Crippen molar-refractivity contribution in [1.82, 2.24) is 4.90 Å². The molecular formula is C13H18N2O3. The summed E-state index contributed by atoms with van der Waals surface area (Å²) in [6, 6.07) is 7.20. The monoisotopic (exact) mass is 250 g/mol. The summed E-state index contributed by atoms with van der Waals surface area (Å²) in [5.41, 5.74) is 7.13. The second-order valence-corrected chi connectivity index (χ2v) is 3.86. The molecule has 1 aromatic carbocycles. The maximum atomic E-state index is 12.0. The molecule has 5 nitrogen and oxygen atoms in total. The number of hydrogen-bond donors (Lipinski definition) is 1. The van der Waals surface area contributed by atoms with Gasteiger partial charge in [-0.2, -0.15) is 0 Å². The molecule has 18 heavy (non-hydrogen) atoms. The van der Waals surface area contributed by atoms with Crippen LogP contribution in [0.15, 0.2) is 24.3 Å². The van der Waals surface area contributed by atoms with Crippen LogP contribution in [0.2, 0.25) is 0 Å². The van der Waals surface area contributed by atoms with Gasteiger partial charge in [-0.1, -0.05) is 18.2 Å². The van der Waals surface area contributed by atoms with Crippen molar-refractivity contribution in [3.8, 4) is 0 Å². The molecule has 0 fully saturated rings. The zero-order valence-corrected chi connectivity index (χ0v) is 10.7. The molecule has 0 saturated heterocycles. The normalized spacial score (nSPS) is 9.89. The molecule has 1 amide bonds. The molecule has 0 heterocycles. The third-order valence-corrected chi connectivity index (χ3v) is 2.68. The molecule has 1 rings (SSSR count). The summed E-state index contributed by atoms with van der Waals surface area (Å²) < 4.78 is 4.55. The van der Waals surface area contributed by atoms with E-state index in [-0.39, 0.29) is 18.9 Å². The van der Waals surface area contributed by atoms with Crippen molar-refractivity contribution in [2.24, 2.45) is 0 Å². The van der Waals surface area contributed by atoms with E-state index in [1.54, 1.807) is 12.1 Å². The second kappa shape index (κ2) is 6.64. The van der Waals surface area contributed by atoms with Crippen molar-refractivity contribution in [3.05, 3.63) is 29.8 Å². The fraction of sp³-hybridized carbons (Fsp3) is 0.385. The van der Waals surface area contributed by atoms with Crippen molar-refractivity contribution < 1.29 is 14.3 Å². The minimum Gasteiger partial charge on any atom is -0.468 e. The van der Waals surface area contributed by atoms with Crippen LogP contribution in [0.3, 0.4) is 0 Å². The quantitative estimate of drug-likeness (QED) is 0.620. The molecule has 0 saturated carbocycles. The summed E-state index contributed by atoms with van der Waals surface area (Å²) in [6.45, 7) is 2.24. The summed E-state index contributed by atoms with van der Waals surface area (Å²) in [5, 5.41) is 0. The number of likely N-dealkylation sites (N-methyl/N-ethyl adjacent to an activating group) is 1. The molecular weight excluding hydrogens is 232 g/mol. The molecule has 0 aliphatic heterocycles. The molecule has 98 valence electrons. The molecule has 0 aliphatic rings. The van der Waals surface area contributed by atoms with E-state index < -0.39 is 5.97 Å². The van der Waals surface area contributed by atoms with Gasteiger partial charge >= 0.3 is 5.97 Å². The van der Waals surface area contributed by atoms with Gasteiger partial charge in [0, 0.05) is 12.2 Å². The number of anilines is 1. The highest BCUT2D eigenvalue weighted by Gasteiger charge is 2.16. The Morgan fingerprint density at radius 1 is 1.33 bits per heavy atom. The lowest BCUT2D eigenvalue weighted by Crippen LogP contribution is -2.37. The summed E-state index contributed by atoms with van der Waals surface area (Å²) >= 11 is 0. The Morgan fingerprint density at radius 3 is 2.56 bits per heavy atom. The average molecular weight is 250 g/mol. The maximum Gasteiger partial charge on any atom is 0.325 e. The van der Waals surface area contributed by atoms with Gasteiger partial charge in [0.05, 0.1) is 13.5 Å². The van der Waals surface area contributed by atoms with Gasteiger partial charge in [-0.25, -0.2) is 0 Å². The number of para-hydroxylation sites is 1. The Bertz CT molecular complexity index is 432. The fourth-order valence-corrected chi connectivity index (χ4v) is 1.57.